The molecular formula is C32H42Cl2N3O5P. The van der Waals surface area contributed by atoms with Gasteiger partial charge in [-0.05, 0) is 65.2 Å². The molecule has 2 aromatic carbocycles. The van der Waals surface area contributed by atoms with Crippen molar-refractivity contribution in [3.05, 3.63) is 69.3 Å². The van der Waals surface area contributed by atoms with Crippen LogP contribution >= 0.6 is 30.8 Å². The molecule has 43 heavy (non-hydrogen) atoms. The highest BCUT2D eigenvalue weighted by atomic mass is 35.5. The van der Waals surface area contributed by atoms with Crippen molar-refractivity contribution in [2.24, 2.45) is 5.92 Å². The van der Waals surface area contributed by atoms with Gasteiger partial charge in [0.25, 0.3) is 5.91 Å². The molecule has 2 unspecified atom stereocenters. The molecule has 1 aromatic heterocycles. The quantitative estimate of drug-likeness (QED) is 0.139. The van der Waals surface area contributed by atoms with Crippen LogP contribution in [0.3, 0.4) is 0 Å². The Hall–Kier alpha value is -2.19. The zero-order valence-corrected chi connectivity index (χ0v) is 27.8. The molecule has 1 aliphatic rings. The maximum atomic E-state index is 13.8. The second-order valence-electron chi connectivity index (χ2n) is 10.9. The number of hydrogen-bond acceptors (Lipinski definition) is 6. The second-order valence-corrected chi connectivity index (χ2v) is 13.9. The van der Waals surface area contributed by atoms with E-state index in [1.54, 1.807) is 16.8 Å². The van der Waals surface area contributed by atoms with E-state index in [4.69, 9.17) is 42.1 Å². The van der Waals surface area contributed by atoms with E-state index in [9.17, 15) is 9.36 Å². The molecule has 0 saturated heterocycles. The van der Waals surface area contributed by atoms with Crippen LogP contribution in [0.5, 0.6) is 0 Å². The van der Waals surface area contributed by atoms with Crippen LogP contribution in [0.4, 0.5) is 0 Å². The highest BCUT2D eigenvalue weighted by Crippen LogP contribution is 2.48. The summed E-state index contributed by atoms with van der Waals surface area (Å²) in [5.41, 5.74) is 4.64. The van der Waals surface area contributed by atoms with Gasteiger partial charge in [0.05, 0.1) is 42.4 Å². The monoisotopic (exact) mass is 649 g/mol. The Kier molecular flexibility index (Phi) is 12.3. The van der Waals surface area contributed by atoms with Crippen molar-refractivity contribution in [3.63, 3.8) is 0 Å². The Labute approximate surface area is 264 Å². The number of carbonyl (C=O) groups excluding carboxylic acids is 1. The maximum Gasteiger partial charge on any atom is 0.330 e. The maximum absolute atomic E-state index is 13.8. The third-order valence-corrected chi connectivity index (χ3v) is 10.4. The second kappa shape index (κ2) is 15.7. The lowest BCUT2D eigenvalue weighted by atomic mass is 9.85. The number of benzene rings is 2. The van der Waals surface area contributed by atoms with Gasteiger partial charge < -0.3 is 19.1 Å². The topological polar surface area (TPSA) is 91.7 Å². The molecule has 1 amide bonds. The van der Waals surface area contributed by atoms with Gasteiger partial charge in [-0.2, -0.15) is 5.10 Å². The van der Waals surface area contributed by atoms with Gasteiger partial charge in [-0.15, -0.1) is 0 Å². The fourth-order valence-electron chi connectivity index (χ4n) is 5.58. The minimum absolute atomic E-state index is 0.0364. The number of aryl methyl sites for hydroxylation is 1. The molecule has 234 valence electrons. The van der Waals surface area contributed by atoms with Crippen LogP contribution in [-0.4, -0.2) is 54.3 Å². The fourth-order valence-corrected chi connectivity index (χ4v) is 7.70. The predicted octanol–water partition coefficient (Wildman–Crippen LogP) is 8.42. The molecule has 1 aliphatic carbocycles. The number of rotatable bonds is 14. The first-order valence-corrected chi connectivity index (χ1v) is 17.5. The lowest BCUT2D eigenvalue weighted by Gasteiger charge is -2.32. The van der Waals surface area contributed by atoms with Gasteiger partial charge in [-0.3, -0.25) is 9.36 Å². The van der Waals surface area contributed by atoms with Crippen molar-refractivity contribution in [2.75, 3.05) is 32.6 Å². The largest absolute Gasteiger partial charge is 0.381 e. The van der Waals surface area contributed by atoms with Crippen LogP contribution in [0.15, 0.2) is 42.5 Å². The van der Waals surface area contributed by atoms with Crippen LogP contribution < -0.4 is 5.32 Å². The Morgan fingerprint density at radius 1 is 1.05 bits per heavy atom. The van der Waals surface area contributed by atoms with Crippen LogP contribution in [-0.2, 0) is 18.3 Å². The first-order valence-electron chi connectivity index (χ1n) is 15.0. The summed E-state index contributed by atoms with van der Waals surface area (Å²) >= 11 is 12.8. The molecule has 11 heteroatoms. The molecule has 1 N–H and O–H groups in total. The smallest absolute Gasteiger partial charge is 0.330 e. The van der Waals surface area contributed by atoms with Crippen LogP contribution in [0, 0.1) is 19.8 Å². The van der Waals surface area contributed by atoms with Crippen molar-refractivity contribution >= 4 is 36.7 Å². The fraction of sp³-hybridized carbons (Fsp3) is 0.500. The average molecular weight is 651 g/mol. The van der Waals surface area contributed by atoms with Gasteiger partial charge in [0.2, 0.25) is 0 Å². The molecule has 8 nitrogen and oxygen atoms in total. The summed E-state index contributed by atoms with van der Waals surface area (Å²) in [5.74, 6) is -0.0473. The van der Waals surface area contributed by atoms with Crippen LogP contribution in [0.25, 0.3) is 16.9 Å². The number of ether oxygens (including phenoxy) is 1. The lowest BCUT2D eigenvalue weighted by Crippen LogP contribution is -2.44. The average Bonchev–Trinajstić information content (AvgIpc) is 3.31. The Morgan fingerprint density at radius 2 is 1.74 bits per heavy atom. The Bertz CT molecular complexity index is 1420. The van der Waals surface area contributed by atoms with Crippen molar-refractivity contribution in [3.8, 4) is 16.9 Å². The summed E-state index contributed by atoms with van der Waals surface area (Å²) < 4.78 is 31.2. The molecule has 4 rings (SSSR count). The predicted molar refractivity (Wildman–Crippen MR) is 173 cm³/mol. The van der Waals surface area contributed by atoms with E-state index in [1.807, 2.05) is 58.0 Å². The van der Waals surface area contributed by atoms with E-state index in [-0.39, 0.29) is 17.9 Å². The zero-order chi connectivity index (χ0) is 31.0. The Balaban J connectivity index is 1.49. The van der Waals surface area contributed by atoms with Gasteiger partial charge >= 0.3 is 7.60 Å². The minimum atomic E-state index is -3.08. The number of halogens is 2. The third kappa shape index (κ3) is 8.72. The van der Waals surface area contributed by atoms with E-state index >= 15 is 0 Å². The molecule has 0 bridgehead atoms. The van der Waals surface area contributed by atoms with Crippen LogP contribution in [0.1, 0.15) is 67.6 Å². The number of amides is 1. The third-order valence-electron chi connectivity index (χ3n) is 7.73. The molecular weight excluding hydrogens is 608 g/mol. The summed E-state index contributed by atoms with van der Waals surface area (Å²) in [4.78, 5) is 13.8. The summed E-state index contributed by atoms with van der Waals surface area (Å²) in [6, 6.07) is 13.3. The number of carbonyl (C=O) groups is 1. The molecule has 2 atom stereocenters. The van der Waals surface area contributed by atoms with Gasteiger partial charge in [-0.1, -0.05) is 65.9 Å². The van der Waals surface area contributed by atoms with Crippen molar-refractivity contribution in [2.45, 2.75) is 65.8 Å². The van der Waals surface area contributed by atoms with Crippen LogP contribution in [0.2, 0.25) is 10.0 Å². The summed E-state index contributed by atoms with van der Waals surface area (Å²) in [7, 11) is -3.08. The minimum Gasteiger partial charge on any atom is -0.381 e. The zero-order valence-electron chi connectivity index (χ0n) is 25.4. The van der Waals surface area contributed by atoms with Gasteiger partial charge in [0, 0.05) is 34.7 Å². The summed E-state index contributed by atoms with van der Waals surface area (Å²) in [6.07, 6.45) is 4.86. The molecule has 0 spiro atoms. The molecule has 1 saturated carbocycles. The van der Waals surface area contributed by atoms with Gasteiger partial charge in [-0.25, -0.2) is 4.68 Å². The first-order chi connectivity index (χ1) is 20.7. The number of aromatic nitrogens is 2. The van der Waals surface area contributed by atoms with Crippen molar-refractivity contribution in [1.82, 2.24) is 15.1 Å². The Morgan fingerprint density at radius 3 is 2.42 bits per heavy atom. The number of hydrogen-bond donors (Lipinski definition) is 1. The highest BCUT2D eigenvalue weighted by molar-refractivity contribution is 7.53. The highest BCUT2D eigenvalue weighted by Gasteiger charge is 2.30. The van der Waals surface area contributed by atoms with Crippen molar-refractivity contribution < 1.29 is 23.1 Å². The van der Waals surface area contributed by atoms with Gasteiger partial charge in [0.15, 0.2) is 5.69 Å². The van der Waals surface area contributed by atoms with E-state index < -0.39 is 7.60 Å². The summed E-state index contributed by atoms with van der Waals surface area (Å²) in [5, 5.41) is 9.03. The van der Waals surface area contributed by atoms with Gasteiger partial charge in [0.1, 0.15) is 0 Å². The lowest BCUT2D eigenvalue weighted by molar-refractivity contribution is 0.0636. The SMILES string of the molecule is CCOP(=O)(CCCOCC1CCCCC1NC(=O)c1nn(-c2ccc(Cl)cc2Cl)c(-c2ccc(C)cc2)c1C)OCC. The number of nitrogens with zero attached hydrogens (tertiary/aromatic N) is 2. The standard InChI is InChI=1S/C32H42Cl2N3O5P/c1-5-41-43(39,42-6-2)19-9-18-40-21-25-10-7-8-11-28(25)35-32(38)30-23(4)31(24-14-12-22(3)13-15-24)37(36-30)29-17-16-26(33)20-27(29)34/h12-17,20,25,28H,5-11,18-19,21H2,1-4H3,(H,35,38). The van der Waals surface area contributed by atoms with E-state index in [0.29, 0.717) is 60.4 Å². The molecule has 1 heterocycles. The first kappa shape index (κ1) is 33.7. The normalized spacial score (nSPS) is 17.3. The number of nitrogens with one attached hydrogen (secondary N) is 1. The van der Waals surface area contributed by atoms with E-state index in [0.717, 1.165) is 48.1 Å². The van der Waals surface area contributed by atoms with E-state index in [1.165, 1.54) is 0 Å². The van der Waals surface area contributed by atoms with E-state index in [2.05, 4.69) is 5.32 Å². The summed E-state index contributed by atoms with van der Waals surface area (Å²) in [6.45, 7) is 9.23. The molecule has 1 fully saturated rings. The van der Waals surface area contributed by atoms with Crippen molar-refractivity contribution in [1.29, 1.82) is 0 Å². The molecule has 0 aliphatic heterocycles. The molecule has 3 aromatic rings. The molecule has 0 radical (unpaired) electrons.